The van der Waals surface area contributed by atoms with Gasteiger partial charge in [-0.25, -0.2) is 0 Å². The fourth-order valence-corrected chi connectivity index (χ4v) is 0.834. The highest BCUT2D eigenvalue weighted by Crippen LogP contribution is 2.24. The molecule has 0 aromatic rings. The van der Waals surface area contributed by atoms with Crippen molar-refractivity contribution in [3.8, 4) is 0 Å². The molecule has 0 aliphatic carbocycles. The van der Waals surface area contributed by atoms with Gasteiger partial charge in [0.25, 0.3) is 0 Å². The first-order valence-electron chi connectivity index (χ1n) is 2.51. The Hall–Kier alpha value is 0.700. The zero-order chi connectivity index (χ0) is 6.57. The Morgan fingerprint density at radius 1 is 1.88 bits per heavy atom. The SMILES string of the molecule is C=C[C](Br)C(Br)CC. The average Bonchev–Trinajstić information content (AvgIpc) is 1.84. The molecule has 0 saturated heterocycles. The van der Waals surface area contributed by atoms with E-state index in [4.69, 9.17) is 0 Å². The van der Waals surface area contributed by atoms with E-state index in [1.54, 1.807) is 0 Å². The van der Waals surface area contributed by atoms with Crippen LogP contribution in [0.2, 0.25) is 0 Å². The highest BCUT2D eigenvalue weighted by Gasteiger charge is 2.08. The van der Waals surface area contributed by atoms with E-state index in [1.165, 1.54) is 0 Å². The van der Waals surface area contributed by atoms with Gasteiger partial charge in [0, 0.05) is 4.83 Å². The fourth-order valence-electron chi connectivity index (χ4n) is 0.323. The summed E-state index contributed by atoms with van der Waals surface area (Å²) in [7, 11) is 0. The fraction of sp³-hybridized carbons (Fsp3) is 0.500. The standard InChI is InChI=1S/C6H9Br2/c1-3-5(7)6(8)4-2/h3,6H,1,4H2,2H3. The second-order valence-corrected chi connectivity index (χ2v) is 3.49. The van der Waals surface area contributed by atoms with Crippen LogP contribution >= 0.6 is 31.9 Å². The summed E-state index contributed by atoms with van der Waals surface area (Å²) in [6.45, 7) is 5.73. The number of halogens is 2. The van der Waals surface area contributed by atoms with Crippen LogP contribution in [0.4, 0.5) is 0 Å². The van der Waals surface area contributed by atoms with Crippen molar-refractivity contribution in [2.75, 3.05) is 0 Å². The van der Waals surface area contributed by atoms with E-state index in [0.717, 1.165) is 11.2 Å². The largest absolute Gasteiger partial charge is 0.102 e. The van der Waals surface area contributed by atoms with Crippen LogP contribution in [0.25, 0.3) is 0 Å². The lowest BCUT2D eigenvalue weighted by atomic mass is 10.2. The topological polar surface area (TPSA) is 0 Å². The summed E-state index contributed by atoms with van der Waals surface area (Å²) in [5, 5.41) is 0. The normalized spacial score (nSPS) is 14.0. The zero-order valence-corrected chi connectivity index (χ0v) is 8.00. The molecule has 47 valence electrons. The third-order valence-corrected chi connectivity index (χ3v) is 3.48. The van der Waals surface area contributed by atoms with Gasteiger partial charge in [0.2, 0.25) is 0 Å². The summed E-state index contributed by atoms with van der Waals surface area (Å²) in [6, 6.07) is 0. The number of alkyl halides is 1. The lowest BCUT2D eigenvalue weighted by molar-refractivity contribution is 0.945. The van der Waals surface area contributed by atoms with E-state index < -0.39 is 0 Å². The molecule has 0 saturated carbocycles. The second-order valence-electron chi connectivity index (χ2n) is 1.46. The van der Waals surface area contributed by atoms with Crippen LogP contribution in [0.5, 0.6) is 0 Å². The van der Waals surface area contributed by atoms with Crippen molar-refractivity contribution in [1.29, 1.82) is 0 Å². The molecule has 0 spiro atoms. The van der Waals surface area contributed by atoms with Gasteiger partial charge in [-0.1, -0.05) is 44.9 Å². The van der Waals surface area contributed by atoms with E-state index in [0.29, 0.717) is 4.83 Å². The molecule has 0 heterocycles. The first-order chi connectivity index (χ1) is 3.72. The molecule has 2 heteroatoms. The molecule has 0 aromatic carbocycles. The van der Waals surface area contributed by atoms with Crippen molar-refractivity contribution in [2.24, 2.45) is 0 Å². The molecule has 1 unspecified atom stereocenters. The van der Waals surface area contributed by atoms with Gasteiger partial charge in [-0.05, 0) is 6.42 Å². The highest BCUT2D eigenvalue weighted by atomic mass is 79.9. The van der Waals surface area contributed by atoms with E-state index in [2.05, 4.69) is 45.4 Å². The first kappa shape index (κ1) is 8.70. The second kappa shape index (κ2) is 4.57. The molecule has 0 nitrogen and oxygen atoms in total. The van der Waals surface area contributed by atoms with Gasteiger partial charge in [-0.3, -0.25) is 0 Å². The average molecular weight is 241 g/mol. The Balaban J connectivity index is 3.44. The summed E-state index contributed by atoms with van der Waals surface area (Å²) in [4.78, 5) is 1.57. The van der Waals surface area contributed by atoms with Crippen molar-refractivity contribution < 1.29 is 0 Å². The minimum Gasteiger partial charge on any atom is -0.102 e. The molecule has 0 aromatic heterocycles. The third kappa shape index (κ3) is 2.88. The van der Waals surface area contributed by atoms with Crippen molar-refractivity contribution in [2.45, 2.75) is 18.2 Å². The summed E-state index contributed by atoms with van der Waals surface area (Å²) in [5.74, 6) is 0. The van der Waals surface area contributed by atoms with Gasteiger partial charge in [0.15, 0.2) is 0 Å². The van der Waals surface area contributed by atoms with Crippen LogP contribution in [0.15, 0.2) is 12.7 Å². The monoisotopic (exact) mass is 239 g/mol. The minimum absolute atomic E-state index is 0.444. The number of rotatable bonds is 3. The third-order valence-electron chi connectivity index (χ3n) is 0.853. The Morgan fingerprint density at radius 3 is 2.50 bits per heavy atom. The predicted molar refractivity (Wildman–Crippen MR) is 45.4 cm³/mol. The quantitative estimate of drug-likeness (QED) is 0.665. The number of hydrogen-bond acceptors (Lipinski definition) is 0. The van der Waals surface area contributed by atoms with Crippen LogP contribution in [0.3, 0.4) is 0 Å². The highest BCUT2D eigenvalue weighted by molar-refractivity contribution is 9.13. The van der Waals surface area contributed by atoms with Crippen molar-refractivity contribution in [3.05, 3.63) is 17.5 Å². The lowest BCUT2D eigenvalue weighted by Gasteiger charge is -2.07. The molecule has 0 amide bonds. The van der Waals surface area contributed by atoms with Crippen molar-refractivity contribution >= 4 is 31.9 Å². The van der Waals surface area contributed by atoms with Crippen LogP contribution in [-0.2, 0) is 0 Å². The van der Waals surface area contributed by atoms with Gasteiger partial charge in [-0.15, -0.1) is 6.58 Å². The van der Waals surface area contributed by atoms with E-state index in [1.807, 2.05) is 6.08 Å². The Morgan fingerprint density at radius 2 is 2.38 bits per heavy atom. The summed E-state index contributed by atoms with van der Waals surface area (Å²) < 4.78 is 0. The Labute approximate surface area is 67.6 Å². The molecule has 0 bridgehead atoms. The van der Waals surface area contributed by atoms with E-state index in [-0.39, 0.29) is 0 Å². The van der Waals surface area contributed by atoms with Crippen LogP contribution < -0.4 is 0 Å². The summed E-state index contributed by atoms with van der Waals surface area (Å²) in [6.07, 6.45) is 2.90. The molecule has 1 atom stereocenters. The van der Waals surface area contributed by atoms with Crippen LogP contribution in [0, 0.1) is 4.83 Å². The maximum Gasteiger partial charge on any atom is 0.0757 e. The maximum atomic E-state index is 3.62. The maximum absolute atomic E-state index is 3.62. The lowest BCUT2D eigenvalue weighted by Crippen LogP contribution is -1.99. The van der Waals surface area contributed by atoms with Crippen LogP contribution in [0.1, 0.15) is 13.3 Å². The Bertz CT molecular complexity index is 70.9. The molecule has 0 aliphatic heterocycles. The van der Waals surface area contributed by atoms with E-state index in [9.17, 15) is 0 Å². The van der Waals surface area contributed by atoms with Gasteiger partial charge in [0.05, 0.1) is 4.83 Å². The van der Waals surface area contributed by atoms with Gasteiger partial charge < -0.3 is 0 Å². The molecular weight excluding hydrogens is 232 g/mol. The molecule has 0 rings (SSSR count). The molecule has 0 aliphatic rings. The zero-order valence-electron chi connectivity index (χ0n) is 4.82. The molecule has 1 radical (unpaired) electrons. The smallest absolute Gasteiger partial charge is 0.0757 e. The van der Waals surface area contributed by atoms with Crippen molar-refractivity contribution in [3.63, 3.8) is 0 Å². The molecule has 0 N–H and O–H groups in total. The van der Waals surface area contributed by atoms with E-state index >= 15 is 0 Å². The molecular formula is C6H9Br2. The molecule has 8 heavy (non-hydrogen) atoms. The van der Waals surface area contributed by atoms with Gasteiger partial charge >= 0.3 is 0 Å². The first-order valence-corrected chi connectivity index (χ1v) is 4.22. The van der Waals surface area contributed by atoms with Crippen LogP contribution in [-0.4, -0.2) is 4.83 Å². The van der Waals surface area contributed by atoms with Gasteiger partial charge in [-0.2, -0.15) is 0 Å². The van der Waals surface area contributed by atoms with Gasteiger partial charge in [0.1, 0.15) is 0 Å². The summed E-state index contributed by atoms with van der Waals surface area (Å²) >= 11 is 6.80. The number of hydrogen-bond donors (Lipinski definition) is 0. The minimum atomic E-state index is 0.444. The van der Waals surface area contributed by atoms with Crippen molar-refractivity contribution in [1.82, 2.24) is 0 Å². The Kier molecular flexibility index (Phi) is 4.97. The molecule has 0 fully saturated rings. The number of allylic oxidation sites excluding steroid dienone is 1. The predicted octanol–water partition coefficient (Wildman–Crippen LogP) is 3.27. The summed E-state index contributed by atoms with van der Waals surface area (Å²) in [5.41, 5.74) is 0.